The van der Waals surface area contributed by atoms with Crippen LogP contribution in [-0.4, -0.2) is 40.0 Å². The number of carbonyl (C=O) groups excluding carboxylic acids is 2. The lowest BCUT2D eigenvalue weighted by Gasteiger charge is -2.15. The van der Waals surface area contributed by atoms with Crippen LogP contribution in [0.2, 0.25) is 0 Å². The molecule has 0 radical (unpaired) electrons. The van der Waals surface area contributed by atoms with Crippen LogP contribution in [0.15, 0.2) is 42.2 Å². The Kier molecular flexibility index (Phi) is 3.60. The fourth-order valence-electron chi connectivity index (χ4n) is 2.45. The molecule has 0 bridgehead atoms. The van der Waals surface area contributed by atoms with E-state index < -0.39 is 11.8 Å². The van der Waals surface area contributed by atoms with Gasteiger partial charge in [0.15, 0.2) is 0 Å². The highest BCUT2D eigenvalue weighted by Gasteiger charge is 2.31. The molecule has 6 nitrogen and oxygen atoms in total. The molecule has 0 aliphatic carbocycles. The third-order valence-electron chi connectivity index (χ3n) is 3.58. The van der Waals surface area contributed by atoms with Crippen LogP contribution in [0.25, 0.3) is 10.9 Å². The van der Waals surface area contributed by atoms with Gasteiger partial charge in [0.2, 0.25) is 0 Å². The van der Waals surface area contributed by atoms with Crippen LogP contribution in [0.1, 0.15) is 5.56 Å². The molecule has 22 heavy (non-hydrogen) atoms. The number of carbonyl (C=O) groups is 2. The van der Waals surface area contributed by atoms with Crippen molar-refractivity contribution >= 4 is 28.4 Å². The van der Waals surface area contributed by atoms with E-state index >= 15 is 0 Å². The highest BCUT2D eigenvalue weighted by molar-refractivity contribution is 6.18. The van der Waals surface area contributed by atoms with Gasteiger partial charge in [-0.25, -0.2) is 0 Å². The van der Waals surface area contributed by atoms with Crippen molar-refractivity contribution in [2.75, 3.05) is 18.5 Å². The third-order valence-corrected chi connectivity index (χ3v) is 3.58. The van der Waals surface area contributed by atoms with Gasteiger partial charge in [-0.05, 0) is 18.6 Å². The number of nitrogens with one attached hydrogen (secondary N) is 1. The lowest BCUT2D eigenvalue weighted by molar-refractivity contribution is -0.137. The molecule has 1 aliphatic rings. The fourth-order valence-corrected chi connectivity index (χ4v) is 2.45. The average molecular weight is 297 g/mol. The lowest BCUT2D eigenvalue weighted by Crippen LogP contribution is -2.34. The Labute approximate surface area is 127 Å². The molecular formula is C16H15N3O3. The van der Waals surface area contributed by atoms with Crippen molar-refractivity contribution in [3.8, 4) is 0 Å². The van der Waals surface area contributed by atoms with Crippen molar-refractivity contribution in [3.63, 3.8) is 0 Å². The van der Waals surface area contributed by atoms with Gasteiger partial charge in [-0.3, -0.25) is 19.5 Å². The van der Waals surface area contributed by atoms with Crippen molar-refractivity contribution in [1.29, 1.82) is 0 Å². The number of hydrogen-bond donors (Lipinski definition) is 2. The zero-order valence-electron chi connectivity index (χ0n) is 12.0. The normalized spacial score (nSPS) is 14.6. The Balaban J connectivity index is 1.98. The summed E-state index contributed by atoms with van der Waals surface area (Å²) < 4.78 is 0. The van der Waals surface area contributed by atoms with Gasteiger partial charge in [0.05, 0.1) is 24.4 Å². The summed E-state index contributed by atoms with van der Waals surface area (Å²) in [5.41, 5.74) is 2.56. The Morgan fingerprint density at radius 2 is 2.09 bits per heavy atom. The maximum atomic E-state index is 12.2. The van der Waals surface area contributed by atoms with Crippen molar-refractivity contribution < 1.29 is 14.7 Å². The number of hydrogen-bond acceptors (Lipinski definition) is 5. The zero-order chi connectivity index (χ0) is 15.7. The number of imide groups is 1. The second-order valence-corrected chi connectivity index (χ2v) is 5.03. The van der Waals surface area contributed by atoms with E-state index in [9.17, 15) is 9.59 Å². The number of fused-ring (bicyclic) bond motifs is 1. The summed E-state index contributed by atoms with van der Waals surface area (Å²) in [6.45, 7) is 1.64. The zero-order valence-corrected chi connectivity index (χ0v) is 12.0. The first-order valence-corrected chi connectivity index (χ1v) is 6.91. The first-order valence-electron chi connectivity index (χ1n) is 6.91. The summed E-state index contributed by atoms with van der Waals surface area (Å²) in [5, 5.41) is 12.9. The highest BCUT2D eigenvalue weighted by atomic mass is 16.3. The number of pyridine rings is 1. The molecular weight excluding hydrogens is 282 g/mol. The summed E-state index contributed by atoms with van der Waals surface area (Å²) >= 11 is 0. The van der Waals surface area contributed by atoms with Crippen molar-refractivity contribution in [2.24, 2.45) is 0 Å². The maximum absolute atomic E-state index is 12.2. The molecule has 0 unspecified atom stereocenters. The van der Waals surface area contributed by atoms with E-state index in [0.717, 1.165) is 21.4 Å². The summed E-state index contributed by atoms with van der Waals surface area (Å²) in [5.74, 6) is -0.862. The van der Waals surface area contributed by atoms with Gasteiger partial charge in [0, 0.05) is 17.7 Å². The SMILES string of the molecule is Cc1ccc2cccnc2c1NC1=CC(=O)N(CCO)C1=O. The molecule has 2 aromatic rings. The number of aryl methyl sites for hydroxylation is 1. The maximum Gasteiger partial charge on any atom is 0.277 e. The van der Waals surface area contributed by atoms with Gasteiger partial charge in [0.1, 0.15) is 5.70 Å². The Morgan fingerprint density at radius 1 is 1.27 bits per heavy atom. The minimum atomic E-state index is -0.439. The molecule has 6 heteroatoms. The number of amides is 2. The summed E-state index contributed by atoms with van der Waals surface area (Å²) in [7, 11) is 0. The van der Waals surface area contributed by atoms with Crippen molar-refractivity contribution in [1.82, 2.24) is 9.88 Å². The van der Waals surface area contributed by atoms with Crippen LogP contribution in [-0.2, 0) is 9.59 Å². The molecule has 0 spiro atoms. The second-order valence-electron chi connectivity index (χ2n) is 5.03. The van der Waals surface area contributed by atoms with E-state index in [1.165, 1.54) is 6.08 Å². The molecule has 2 heterocycles. The van der Waals surface area contributed by atoms with Crippen LogP contribution in [0.3, 0.4) is 0 Å². The van der Waals surface area contributed by atoms with Gasteiger partial charge in [0.25, 0.3) is 11.8 Å². The highest BCUT2D eigenvalue weighted by Crippen LogP contribution is 2.27. The van der Waals surface area contributed by atoms with E-state index in [1.807, 2.05) is 31.2 Å². The van der Waals surface area contributed by atoms with Crippen LogP contribution < -0.4 is 5.32 Å². The monoisotopic (exact) mass is 297 g/mol. The molecule has 2 N–H and O–H groups in total. The van der Waals surface area contributed by atoms with Crippen molar-refractivity contribution in [3.05, 3.63) is 47.8 Å². The molecule has 0 saturated heterocycles. The number of aliphatic hydroxyl groups excluding tert-OH is 1. The standard InChI is InChI=1S/C16H15N3O3/c1-10-4-5-11-3-2-6-17-15(11)14(10)18-12-9-13(21)19(7-8-20)16(12)22/h2-6,9,18,20H,7-8H2,1H3. The van der Waals surface area contributed by atoms with Crippen LogP contribution in [0.4, 0.5) is 5.69 Å². The van der Waals surface area contributed by atoms with Crippen molar-refractivity contribution in [2.45, 2.75) is 6.92 Å². The first-order chi connectivity index (χ1) is 10.6. The lowest BCUT2D eigenvalue weighted by atomic mass is 10.1. The van der Waals surface area contributed by atoms with Gasteiger partial charge in [-0.1, -0.05) is 18.2 Å². The molecule has 1 aliphatic heterocycles. The Hall–Kier alpha value is -2.73. The van der Waals surface area contributed by atoms with E-state index in [1.54, 1.807) is 6.20 Å². The molecule has 0 fully saturated rings. The predicted octanol–water partition coefficient (Wildman–Crippen LogP) is 1.20. The molecule has 2 amide bonds. The molecule has 3 rings (SSSR count). The largest absolute Gasteiger partial charge is 0.395 e. The molecule has 0 saturated carbocycles. The quantitative estimate of drug-likeness (QED) is 0.829. The fraction of sp³-hybridized carbons (Fsp3) is 0.188. The van der Waals surface area contributed by atoms with E-state index in [4.69, 9.17) is 5.11 Å². The first kappa shape index (κ1) is 14.2. The Bertz CT molecular complexity index is 798. The molecule has 112 valence electrons. The summed E-state index contributed by atoms with van der Waals surface area (Å²) in [4.78, 5) is 29.3. The predicted molar refractivity (Wildman–Crippen MR) is 82.0 cm³/mol. The smallest absolute Gasteiger partial charge is 0.277 e. The van der Waals surface area contributed by atoms with Gasteiger partial charge < -0.3 is 10.4 Å². The topological polar surface area (TPSA) is 82.5 Å². The van der Waals surface area contributed by atoms with E-state index in [-0.39, 0.29) is 18.8 Å². The number of aromatic nitrogens is 1. The summed E-state index contributed by atoms with van der Waals surface area (Å²) in [6.07, 6.45) is 2.93. The van der Waals surface area contributed by atoms with Crippen LogP contribution in [0, 0.1) is 6.92 Å². The third kappa shape index (κ3) is 2.33. The molecule has 0 atom stereocenters. The van der Waals surface area contributed by atoms with Gasteiger partial charge >= 0.3 is 0 Å². The number of β-amino-alcohol motifs (C(OH)–C–C–N with tert-alkyl or cyclic N) is 1. The summed E-state index contributed by atoms with van der Waals surface area (Å²) in [6, 6.07) is 7.66. The number of benzene rings is 1. The number of aliphatic hydroxyl groups is 1. The minimum absolute atomic E-state index is 0.00782. The Morgan fingerprint density at radius 3 is 2.86 bits per heavy atom. The number of rotatable bonds is 4. The van der Waals surface area contributed by atoms with Gasteiger partial charge in [-0.15, -0.1) is 0 Å². The van der Waals surface area contributed by atoms with Crippen LogP contribution in [0.5, 0.6) is 0 Å². The molecule has 1 aromatic heterocycles. The molecule has 1 aromatic carbocycles. The minimum Gasteiger partial charge on any atom is -0.395 e. The number of anilines is 1. The van der Waals surface area contributed by atoms with E-state index in [0.29, 0.717) is 5.69 Å². The van der Waals surface area contributed by atoms with Gasteiger partial charge in [-0.2, -0.15) is 0 Å². The van der Waals surface area contributed by atoms with E-state index in [2.05, 4.69) is 10.3 Å². The number of nitrogens with zero attached hydrogens (tertiary/aromatic N) is 2. The second kappa shape index (κ2) is 5.57. The average Bonchev–Trinajstić information content (AvgIpc) is 2.78. The van der Waals surface area contributed by atoms with Crippen LogP contribution >= 0.6 is 0 Å².